The molecule has 0 aliphatic carbocycles. The summed E-state index contributed by atoms with van der Waals surface area (Å²) in [6.07, 6.45) is 2.38. The maximum Gasteiger partial charge on any atom is 0.272 e. The van der Waals surface area contributed by atoms with Crippen molar-refractivity contribution in [2.24, 2.45) is 12.8 Å². The number of nitrogens with two attached hydrogens (primary N) is 1. The maximum absolute atomic E-state index is 11.6. The van der Waals surface area contributed by atoms with Gasteiger partial charge in [0.15, 0.2) is 0 Å². The molecule has 1 amide bonds. The molecule has 82 valence electrons. The molecule has 1 aromatic heterocycles. The largest absolute Gasteiger partial charge is 0.392 e. The Labute approximate surface area is 93.6 Å². The van der Waals surface area contributed by atoms with Crippen LogP contribution in [0.4, 0.5) is 0 Å². The molecule has 0 spiro atoms. The first-order valence-electron chi connectivity index (χ1n) is 4.64. The molecule has 1 aromatic rings. The van der Waals surface area contributed by atoms with Gasteiger partial charge in [0, 0.05) is 13.2 Å². The van der Waals surface area contributed by atoms with Crippen LogP contribution in [0.1, 0.15) is 23.8 Å². The van der Waals surface area contributed by atoms with Gasteiger partial charge in [0.05, 0.1) is 11.0 Å². The maximum atomic E-state index is 11.6. The van der Waals surface area contributed by atoms with E-state index in [9.17, 15) is 4.79 Å². The molecule has 15 heavy (non-hydrogen) atoms. The Morgan fingerprint density at radius 3 is 2.87 bits per heavy atom. The Hall–Kier alpha value is -1.43. The van der Waals surface area contributed by atoms with Gasteiger partial charge in [-0.1, -0.05) is 19.1 Å². The highest BCUT2D eigenvalue weighted by atomic mass is 32.1. The summed E-state index contributed by atoms with van der Waals surface area (Å²) in [7, 11) is 1.75. The van der Waals surface area contributed by atoms with Crippen molar-refractivity contribution in [1.82, 2.24) is 15.1 Å². The van der Waals surface area contributed by atoms with Gasteiger partial charge < -0.3 is 11.1 Å². The molecule has 0 saturated heterocycles. The average Bonchev–Trinajstić information content (AvgIpc) is 2.60. The van der Waals surface area contributed by atoms with Gasteiger partial charge >= 0.3 is 0 Å². The van der Waals surface area contributed by atoms with Gasteiger partial charge in [0.1, 0.15) is 5.69 Å². The van der Waals surface area contributed by atoms with Crippen molar-refractivity contribution in [3.05, 3.63) is 18.0 Å². The lowest BCUT2D eigenvalue weighted by Crippen LogP contribution is -2.43. The first kappa shape index (κ1) is 11.6. The Morgan fingerprint density at radius 1 is 1.80 bits per heavy atom. The zero-order valence-corrected chi connectivity index (χ0v) is 9.54. The Balaban J connectivity index is 2.66. The monoisotopic (exact) mass is 226 g/mol. The molecule has 1 atom stereocenters. The van der Waals surface area contributed by atoms with E-state index in [0.29, 0.717) is 17.1 Å². The van der Waals surface area contributed by atoms with Crippen LogP contribution in [0.2, 0.25) is 0 Å². The van der Waals surface area contributed by atoms with Crippen LogP contribution >= 0.6 is 12.2 Å². The van der Waals surface area contributed by atoms with E-state index >= 15 is 0 Å². The van der Waals surface area contributed by atoms with Crippen molar-refractivity contribution in [3.8, 4) is 0 Å². The minimum atomic E-state index is -0.269. The van der Waals surface area contributed by atoms with Crippen LogP contribution in [-0.4, -0.2) is 26.7 Å². The summed E-state index contributed by atoms with van der Waals surface area (Å²) in [6.45, 7) is 1.91. The molecule has 0 aromatic carbocycles. The van der Waals surface area contributed by atoms with Crippen LogP contribution in [0.5, 0.6) is 0 Å². The lowest BCUT2D eigenvalue weighted by atomic mass is 10.2. The third-order valence-corrected chi connectivity index (χ3v) is 2.29. The highest BCUT2D eigenvalue weighted by molar-refractivity contribution is 7.80. The number of nitrogens with zero attached hydrogens (tertiary/aromatic N) is 2. The molecule has 6 heteroatoms. The van der Waals surface area contributed by atoms with E-state index in [2.05, 4.69) is 10.4 Å². The standard InChI is InChI=1S/C9H14N4OS/c1-3-6(8(10)15)11-9(14)7-4-5-13(2)12-7/h4-6H,3H2,1-2H3,(H2,10,15)(H,11,14). The fraction of sp³-hybridized carbons (Fsp3) is 0.444. The molecule has 1 unspecified atom stereocenters. The van der Waals surface area contributed by atoms with Gasteiger partial charge in [0.25, 0.3) is 5.91 Å². The second kappa shape index (κ2) is 4.88. The van der Waals surface area contributed by atoms with Gasteiger partial charge in [-0.25, -0.2) is 0 Å². The Bertz CT molecular complexity index is 374. The molecule has 5 nitrogen and oxygen atoms in total. The second-order valence-corrected chi connectivity index (χ2v) is 3.68. The zero-order chi connectivity index (χ0) is 11.4. The van der Waals surface area contributed by atoms with E-state index < -0.39 is 0 Å². The second-order valence-electron chi connectivity index (χ2n) is 3.21. The van der Waals surface area contributed by atoms with Gasteiger partial charge in [0.2, 0.25) is 0 Å². The van der Waals surface area contributed by atoms with Crippen molar-refractivity contribution in [2.75, 3.05) is 0 Å². The van der Waals surface area contributed by atoms with E-state index in [1.165, 1.54) is 0 Å². The van der Waals surface area contributed by atoms with Crippen LogP contribution in [0, 0.1) is 0 Å². The number of aryl methyl sites for hydroxylation is 1. The molecule has 0 aliphatic heterocycles. The smallest absolute Gasteiger partial charge is 0.272 e. The zero-order valence-electron chi connectivity index (χ0n) is 8.73. The Kier molecular flexibility index (Phi) is 3.79. The molecule has 0 fully saturated rings. The van der Waals surface area contributed by atoms with Crippen molar-refractivity contribution in [3.63, 3.8) is 0 Å². The third kappa shape index (κ3) is 3.02. The van der Waals surface area contributed by atoms with Gasteiger partial charge in [-0.3, -0.25) is 9.48 Å². The summed E-state index contributed by atoms with van der Waals surface area (Å²) in [5, 5.41) is 6.69. The summed E-state index contributed by atoms with van der Waals surface area (Å²) < 4.78 is 1.57. The summed E-state index contributed by atoms with van der Waals surface area (Å²) in [4.78, 5) is 11.9. The molecule has 0 saturated carbocycles. The molecule has 0 radical (unpaired) electrons. The number of nitrogens with one attached hydrogen (secondary N) is 1. The fourth-order valence-corrected chi connectivity index (χ4v) is 1.37. The molecule has 0 bridgehead atoms. The van der Waals surface area contributed by atoms with E-state index in [0.717, 1.165) is 0 Å². The summed E-state index contributed by atoms with van der Waals surface area (Å²) >= 11 is 4.83. The van der Waals surface area contributed by atoms with Crippen LogP contribution in [0.15, 0.2) is 12.3 Å². The van der Waals surface area contributed by atoms with E-state index in [-0.39, 0.29) is 11.9 Å². The van der Waals surface area contributed by atoms with Gasteiger partial charge in [-0.2, -0.15) is 5.10 Å². The van der Waals surface area contributed by atoms with Crippen LogP contribution in [0.3, 0.4) is 0 Å². The predicted octanol–water partition coefficient (Wildman–Crippen LogP) is 0.215. The normalized spacial score (nSPS) is 12.1. The summed E-state index contributed by atoms with van der Waals surface area (Å²) in [5.74, 6) is -0.254. The number of hydrogen-bond donors (Lipinski definition) is 2. The van der Waals surface area contributed by atoms with Gasteiger partial charge in [-0.15, -0.1) is 0 Å². The van der Waals surface area contributed by atoms with Crippen molar-refractivity contribution >= 4 is 23.1 Å². The number of carbonyl (C=O) groups excluding carboxylic acids is 1. The molecule has 0 aliphatic rings. The van der Waals surface area contributed by atoms with Crippen LogP contribution in [-0.2, 0) is 7.05 Å². The lowest BCUT2D eigenvalue weighted by Gasteiger charge is -2.13. The number of hydrogen-bond acceptors (Lipinski definition) is 3. The van der Waals surface area contributed by atoms with E-state index in [4.69, 9.17) is 18.0 Å². The van der Waals surface area contributed by atoms with E-state index in [1.54, 1.807) is 24.0 Å². The first-order valence-corrected chi connectivity index (χ1v) is 5.05. The number of amides is 1. The average molecular weight is 226 g/mol. The number of rotatable bonds is 4. The number of carbonyl (C=O) groups is 1. The van der Waals surface area contributed by atoms with E-state index in [1.807, 2.05) is 6.92 Å². The van der Waals surface area contributed by atoms with Crippen LogP contribution in [0.25, 0.3) is 0 Å². The minimum Gasteiger partial charge on any atom is -0.392 e. The molecule has 3 N–H and O–H groups in total. The Morgan fingerprint density at radius 2 is 2.47 bits per heavy atom. The lowest BCUT2D eigenvalue weighted by molar-refractivity contribution is 0.0940. The molecular formula is C9H14N4OS. The fourth-order valence-electron chi connectivity index (χ4n) is 1.14. The van der Waals surface area contributed by atoms with Crippen molar-refractivity contribution in [2.45, 2.75) is 19.4 Å². The van der Waals surface area contributed by atoms with Crippen molar-refractivity contribution in [1.29, 1.82) is 0 Å². The third-order valence-electron chi connectivity index (χ3n) is 2.00. The quantitative estimate of drug-likeness (QED) is 0.720. The number of aromatic nitrogens is 2. The van der Waals surface area contributed by atoms with Gasteiger partial charge in [-0.05, 0) is 12.5 Å². The highest BCUT2D eigenvalue weighted by Gasteiger charge is 2.15. The molecule has 1 rings (SSSR count). The van der Waals surface area contributed by atoms with Crippen LogP contribution < -0.4 is 11.1 Å². The predicted molar refractivity (Wildman–Crippen MR) is 61.5 cm³/mol. The highest BCUT2D eigenvalue weighted by Crippen LogP contribution is 1.97. The minimum absolute atomic E-state index is 0.254. The number of thiocarbonyl (C=S) groups is 1. The summed E-state index contributed by atoms with van der Waals surface area (Å²) in [6, 6.07) is 1.37. The molecule has 1 heterocycles. The topological polar surface area (TPSA) is 72.9 Å². The summed E-state index contributed by atoms with van der Waals surface area (Å²) in [5.41, 5.74) is 5.84. The SMILES string of the molecule is CCC(NC(=O)c1ccn(C)n1)C(N)=S. The molecular weight excluding hydrogens is 212 g/mol. The van der Waals surface area contributed by atoms with Crippen molar-refractivity contribution < 1.29 is 4.79 Å². The first-order chi connectivity index (χ1) is 7.04.